The van der Waals surface area contributed by atoms with E-state index in [0.29, 0.717) is 24.0 Å². The van der Waals surface area contributed by atoms with Crippen molar-refractivity contribution < 1.29 is 19.1 Å². The molecule has 0 spiro atoms. The molecule has 1 fully saturated rings. The third-order valence-electron chi connectivity index (χ3n) is 3.99. The van der Waals surface area contributed by atoms with Crippen molar-refractivity contribution in [2.24, 2.45) is 5.92 Å². The number of rotatable bonds is 6. The molecular weight excluding hydrogens is 272 g/mol. The fourth-order valence-corrected chi connectivity index (χ4v) is 2.46. The summed E-state index contributed by atoms with van der Waals surface area (Å²) in [6, 6.07) is 1.33. The summed E-state index contributed by atoms with van der Waals surface area (Å²) < 4.78 is 5.34. The Morgan fingerprint density at radius 3 is 2.67 bits per heavy atom. The van der Waals surface area contributed by atoms with Gasteiger partial charge in [-0.15, -0.1) is 0 Å². The number of amides is 2. The second kappa shape index (κ2) is 6.65. The summed E-state index contributed by atoms with van der Waals surface area (Å²) in [6.07, 6.45) is 3.65. The zero-order chi connectivity index (χ0) is 15.4. The Hall–Kier alpha value is -1.98. The third-order valence-corrected chi connectivity index (χ3v) is 3.99. The molecule has 2 amide bonds. The first-order valence-electron chi connectivity index (χ1n) is 7.36. The molecule has 1 aromatic rings. The number of hydrogen-bond acceptors (Lipinski definition) is 3. The van der Waals surface area contributed by atoms with Crippen LogP contribution in [0.5, 0.6) is 0 Å². The Balaban J connectivity index is 1.87. The molecule has 0 aromatic carbocycles. The fourth-order valence-electron chi connectivity index (χ4n) is 2.46. The first-order valence-corrected chi connectivity index (χ1v) is 7.36. The molecule has 0 radical (unpaired) electrons. The molecule has 0 unspecified atom stereocenters. The lowest BCUT2D eigenvalue weighted by Gasteiger charge is -2.31. The molecule has 1 aliphatic rings. The number of carbonyl (C=O) groups is 2. The smallest absolute Gasteiger partial charge is 0.339 e. The molecule has 6 nitrogen and oxygen atoms in total. The van der Waals surface area contributed by atoms with E-state index in [4.69, 9.17) is 9.52 Å². The first-order chi connectivity index (χ1) is 10.0. The summed E-state index contributed by atoms with van der Waals surface area (Å²) in [5.74, 6) is 0.417. The van der Waals surface area contributed by atoms with Crippen LogP contribution >= 0.6 is 0 Å². The Bertz CT molecular complexity index is 520. The zero-order valence-electron chi connectivity index (χ0n) is 12.5. The predicted octanol–water partition coefficient (Wildman–Crippen LogP) is 2.62. The van der Waals surface area contributed by atoms with Crippen molar-refractivity contribution in [1.29, 1.82) is 0 Å². The van der Waals surface area contributed by atoms with Crippen molar-refractivity contribution in [1.82, 2.24) is 10.2 Å². The highest BCUT2D eigenvalue weighted by atomic mass is 16.4. The minimum atomic E-state index is -1.02. The van der Waals surface area contributed by atoms with Crippen molar-refractivity contribution >= 4 is 12.0 Å². The highest BCUT2D eigenvalue weighted by molar-refractivity contribution is 5.88. The maximum absolute atomic E-state index is 12.1. The van der Waals surface area contributed by atoms with Crippen molar-refractivity contribution in [3.8, 4) is 0 Å². The van der Waals surface area contributed by atoms with Gasteiger partial charge in [0.25, 0.3) is 0 Å². The number of aromatic carboxylic acids is 1. The number of nitrogens with one attached hydrogen (secondary N) is 1. The summed E-state index contributed by atoms with van der Waals surface area (Å²) >= 11 is 0. The van der Waals surface area contributed by atoms with Crippen LogP contribution in [0.15, 0.2) is 10.5 Å². The minimum absolute atomic E-state index is 0.129. The highest BCUT2D eigenvalue weighted by Gasteiger charge is 2.23. The van der Waals surface area contributed by atoms with Crippen LogP contribution in [0, 0.1) is 12.8 Å². The average Bonchev–Trinajstić information content (AvgIpc) is 2.76. The molecule has 2 rings (SSSR count). The van der Waals surface area contributed by atoms with Crippen molar-refractivity contribution in [3.63, 3.8) is 0 Å². The summed E-state index contributed by atoms with van der Waals surface area (Å²) in [6.45, 7) is 5.22. The molecule has 21 heavy (non-hydrogen) atoms. The monoisotopic (exact) mass is 294 g/mol. The van der Waals surface area contributed by atoms with Gasteiger partial charge in [-0.05, 0) is 38.7 Å². The Labute approximate surface area is 124 Å². The SMILES string of the molecule is CCN(CC1CCC1)C(=O)NCc1cc(C(=O)O)c(C)o1. The molecular formula is C15H22N2O4. The van der Waals surface area contributed by atoms with Crippen molar-refractivity contribution in [2.45, 2.75) is 39.7 Å². The van der Waals surface area contributed by atoms with E-state index in [0.717, 1.165) is 6.54 Å². The molecule has 0 atom stereocenters. The van der Waals surface area contributed by atoms with Crippen LogP contribution in [-0.4, -0.2) is 35.1 Å². The molecule has 1 heterocycles. The van der Waals surface area contributed by atoms with E-state index < -0.39 is 5.97 Å². The van der Waals surface area contributed by atoms with Gasteiger partial charge in [0.2, 0.25) is 0 Å². The number of hydrogen-bond donors (Lipinski definition) is 2. The highest BCUT2D eigenvalue weighted by Crippen LogP contribution is 2.27. The van der Waals surface area contributed by atoms with Crippen LogP contribution < -0.4 is 5.32 Å². The molecule has 2 N–H and O–H groups in total. The lowest BCUT2D eigenvalue weighted by atomic mass is 9.85. The molecule has 0 saturated heterocycles. The van der Waals surface area contributed by atoms with Crippen LogP contribution in [0.1, 0.15) is 48.1 Å². The van der Waals surface area contributed by atoms with Crippen LogP contribution in [0.3, 0.4) is 0 Å². The summed E-state index contributed by atoms with van der Waals surface area (Å²) in [5, 5.41) is 11.7. The molecule has 0 bridgehead atoms. The molecule has 0 aliphatic heterocycles. The van der Waals surface area contributed by atoms with Gasteiger partial charge < -0.3 is 19.7 Å². The van der Waals surface area contributed by atoms with Gasteiger partial charge in [-0.3, -0.25) is 0 Å². The lowest BCUT2D eigenvalue weighted by Crippen LogP contribution is -2.43. The fraction of sp³-hybridized carbons (Fsp3) is 0.600. The molecule has 6 heteroatoms. The second-order valence-electron chi connectivity index (χ2n) is 5.48. The van der Waals surface area contributed by atoms with E-state index in [1.165, 1.54) is 25.3 Å². The van der Waals surface area contributed by atoms with Gasteiger partial charge in [0, 0.05) is 13.1 Å². The number of furan rings is 1. The summed E-state index contributed by atoms with van der Waals surface area (Å²) in [5.41, 5.74) is 0.140. The summed E-state index contributed by atoms with van der Waals surface area (Å²) in [4.78, 5) is 24.8. The normalized spacial score (nSPS) is 14.6. The van der Waals surface area contributed by atoms with E-state index in [9.17, 15) is 9.59 Å². The van der Waals surface area contributed by atoms with Gasteiger partial charge in [0.05, 0.1) is 6.54 Å². The van der Waals surface area contributed by atoms with Gasteiger partial charge in [-0.1, -0.05) is 6.42 Å². The maximum atomic E-state index is 12.1. The standard InChI is InChI=1S/C15H22N2O4/c1-3-17(9-11-5-4-6-11)15(20)16-8-12-7-13(14(18)19)10(2)21-12/h7,11H,3-6,8-9H2,1-2H3,(H,16,20)(H,18,19). The minimum Gasteiger partial charge on any atom is -0.478 e. The van der Waals surface area contributed by atoms with Crippen molar-refractivity contribution in [3.05, 3.63) is 23.2 Å². The third kappa shape index (κ3) is 3.77. The molecule has 1 aliphatic carbocycles. The number of urea groups is 1. The maximum Gasteiger partial charge on any atom is 0.339 e. The molecule has 1 saturated carbocycles. The van der Waals surface area contributed by atoms with E-state index in [1.54, 1.807) is 11.8 Å². The number of carbonyl (C=O) groups excluding carboxylic acids is 1. The first kappa shape index (κ1) is 15.4. The largest absolute Gasteiger partial charge is 0.478 e. The summed E-state index contributed by atoms with van der Waals surface area (Å²) in [7, 11) is 0. The number of aryl methyl sites for hydroxylation is 1. The molecule has 1 aromatic heterocycles. The van der Waals surface area contributed by atoms with Gasteiger partial charge in [-0.2, -0.15) is 0 Å². The van der Waals surface area contributed by atoms with Crippen LogP contribution in [0.4, 0.5) is 4.79 Å². The van der Waals surface area contributed by atoms with Crippen LogP contribution in [0.2, 0.25) is 0 Å². The van der Waals surface area contributed by atoms with Crippen LogP contribution in [-0.2, 0) is 6.54 Å². The van der Waals surface area contributed by atoms with E-state index in [2.05, 4.69) is 5.32 Å². The Kier molecular flexibility index (Phi) is 4.88. The van der Waals surface area contributed by atoms with Gasteiger partial charge >= 0.3 is 12.0 Å². The zero-order valence-corrected chi connectivity index (χ0v) is 12.5. The average molecular weight is 294 g/mol. The predicted molar refractivity (Wildman–Crippen MR) is 77.2 cm³/mol. The quantitative estimate of drug-likeness (QED) is 0.845. The Morgan fingerprint density at radius 1 is 1.48 bits per heavy atom. The van der Waals surface area contributed by atoms with Gasteiger partial charge in [0.1, 0.15) is 17.1 Å². The van der Waals surface area contributed by atoms with E-state index in [1.807, 2.05) is 6.92 Å². The van der Waals surface area contributed by atoms with E-state index >= 15 is 0 Å². The number of nitrogens with zero attached hydrogens (tertiary/aromatic N) is 1. The van der Waals surface area contributed by atoms with Crippen molar-refractivity contribution in [2.75, 3.05) is 13.1 Å². The molecule has 116 valence electrons. The van der Waals surface area contributed by atoms with Crippen LogP contribution in [0.25, 0.3) is 0 Å². The van der Waals surface area contributed by atoms with Gasteiger partial charge in [0.15, 0.2) is 0 Å². The topological polar surface area (TPSA) is 82.8 Å². The number of carboxylic acid groups (broad SMARTS) is 1. The second-order valence-corrected chi connectivity index (χ2v) is 5.48. The lowest BCUT2D eigenvalue weighted by molar-refractivity contribution is 0.0695. The Morgan fingerprint density at radius 2 is 2.19 bits per heavy atom. The van der Waals surface area contributed by atoms with Gasteiger partial charge in [-0.25, -0.2) is 9.59 Å². The van der Waals surface area contributed by atoms with E-state index in [-0.39, 0.29) is 18.1 Å². The number of carboxylic acids is 1.